The summed E-state index contributed by atoms with van der Waals surface area (Å²) >= 11 is 0. The minimum absolute atomic E-state index is 0.199. The van der Waals surface area contributed by atoms with E-state index in [1.807, 2.05) is 12.5 Å². The molecule has 1 unspecified atom stereocenters. The summed E-state index contributed by atoms with van der Waals surface area (Å²) in [6.07, 6.45) is 5.18. The van der Waals surface area contributed by atoms with Gasteiger partial charge in [0.15, 0.2) is 0 Å². The standard InChI is InChI=1S/C14H28N4O/c1-5-6-18-11-16-10-14(18)13(9-15)17(4)7-8-19-12(2)3/h10-13H,5-9,15H2,1-4H3. The number of hydrogen-bond donors (Lipinski definition) is 1. The number of aromatic nitrogens is 2. The van der Waals surface area contributed by atoms with Crippen molar-refractivity contribution in [3.63, 3.8) is 0 Å². The topological polar surface area (TPSA) is 56.3 Å². The number of nitrogens with zero attached hydrogens (tertiary/aromatic N) is 3. The molecule has 1 aromatic rings. The molecule has 0 aliphatic heterocycles. The molecular formula is C14H28N4O. The maximum atomic E-state index is 5.94. The molecule has 1 aromatic heterocycles. The molecule has 2 N–H and O–H groups in total. The summed E-state index contributed by atoms with van der Waals surface area (Å²) < 4.78 is 7.79. The number of aryl methyl sites for hydroxylation is 1. The van der Waals surface area contributed by atoms with Crippen molar-refractivity contribution in [1.29, 1.82) is 0 Å². The van der Waals surface area contributed by atoms with Crippen LogP contribution in [0.5, 0.6) is 0 Å². The van der Waals surface area contributed by atoms with Crippen LogP contribution in [0.4, 0.5) is 0 Å². The van der Waals surface area contributed by atoms with E-state index in [1.165, 1.54) is 5.69 Å². The van der Waals surface area contributed by atoms with Gasteiger partial charge in [-0.2, -0.15) is 0 Å². The molecule has 0 saturated carbocycles. The zero-order chi connectivity index (χ0) is 14.3. The predicted octanol–water partition coefficient (Wildman–Crippen LogP) is 1.65. The summed E-state index contributed by atoms with van der Waals surface area (Å²) in [5, 5.41) is 0. The molecule has 0 amide bonds. The van der Waals surface area contributed by atoms with Gasteiger partial charge in [-0.1, -0.05) is 6.92 Å². The SMILES string of the molecule is CCCn1cncc1C(CN)N(C)CCOC(C)C. The van der Waals surface area contributed by atoms with Gasteiger partial charge in [0.05, 0.1) is 30.8 Å². The molecule has 5 heteroatoms. The van der Waals surface area contributed by atoms with Crippen molar-refractivity contribution in [2.24, 2.45) is 5.73 Å². The monoisotopic (exact) mass is 268 g/mol. The van der Waals surface area contributed by atoms with Crippen LogP contribution in [0.15, 0.2) is 12.5 Å². The van der Waals surface area contributed by atoms with E-state index < -0.39 is 0 Å². The average molecular weight is 268 g/mol. The van der Waals surface area contributed by atoms with Crippen molar-refractivity contribution in [2.45, 2.75) is 45.9 Å². The zero-order valence-corrected chi connectivity index (χ0v) is 12.7. The first kappa shape index (κ1) is 16.1. The quantitative estimate of drug-likeness (QED) is 0.740. The maximum absolute atomic E-state index is 5.94. The molecule has 0 aliphatic carbocycles. The van der Waals surface area contributed by atoms with E-state index in [9.17, 15) is 0 Å². The van der Waals surface area contributed by atoms with Gasteiger partial charge in [0.1, 0.15) is 0 Å². The first-order valence-corrected chi connectivity index (χ1v) is 7.12. The van der Waals surface area contributed by atoms with Crippen molar-refractivity contribution in [2.75, 3.05) is 26.7 Å². The highest BCUT2D eigenvalue weighted by Gasteiger charge is 2.19. The van der Waals surface area contributed by atoms with Crippen LogP contribution in [0, 0.1) is 0 Å². The van der Waals surface area contributed by atoms with Gasteiger partial charge in [-0.05, 0) is 27.3 Å². The molecular weight excluding hydrogens is 240 g/mol. The fraction of sp³-hybridized carbons (Fsp3) is 0.786. The van der Waals surface area contributed by atoms with Crippen molar-refractivity contribution in [3.05, 3.63) is 18.2 Å². The van der Waals surface area contributed by atoms with Gasteiger partial charge in [-0.3, -0.25) is 4.90 Å². The second-order valence-corrected chi connectivity index (χ2v) is 5.16. The summed E-state index contributed by atoms with van der Waals surface area (Å²) in [4.78, 5) is 6.49. The Labute approximate surface area is 116 Å². The van der Waals surface area contributed by atoms with Gasteiger partial charge in [-0.25, -0.2) is 4.98 Å². The van der Waals surface area contributed by atoms with Gasteiger partial charge in [0.25, 0.3) is 0 Å². The first-order chi connectivity index (χ1) is 9.10. The van der Waals surface area contributed by atoms with Gasteiger partial charge < -0.3 is 15.0 Å². The highest BCUT2D eigenvalue weighted by Crippen LogP contribution is 2.18. The number of hydrogen-bond acceptors (Lipinski definition) is 4. The van der Waals surface area contributed by atoms with Crippen LogP contribution in [-0.4, -0.2) is 47.3 Å². The lowest BCUT2D eigenvalue weighted by atomic mass is 10.2. The Morgan fingerprint density at radius 1 is 1.47 bits per heavy atom. The van der Waals surface area contributed by atoms with E-state index >= 15 is 0 Å². The molecule has 110 valence electrons. The van der Waals surface area contributed by atoms with Crippen LogP contribution < -0.4 is 5.73 Å². The molecule has 0 fully saturated rings. The smallest absolute Gasteiger partial charge is 0.0948 e. The first-order valence-electron chi connectivity index (χ1n) is 7.12. The van der Waals surface area contributed by atoms with Crippen molar-refractivity contribution in [1.82, 2.24) is 14.5 Å². The molecule has 1 atom stereocenters. The number of imidazole rings is 1. The largest absolute Gasteiger partial charge is 0.377 e. The Hall–Kier alpha value is -0.910. The fourth-order valence-corrected chi connectivity index (χ4v) is 2.15. The van der Waals surface area contributed by atoms with Crippen LogP contribution in [-0.2, 0) is 11.3 Å². The molecule has 0 aromatic carbocycles. The number of ether oxygens (including phenoxy) is 1. The second-order valence-electron chi connectivity index (χ2n) is 5.16. The third kappa shape index (κ3) is 4.93. The lowest BCUT2D eigenvalue weighted by Gasteiger charge is -2.28. The summed E-state index contributed by atoms with van der Waals surface area (Å²) in [7, 11) is 2.09. The van der Waals surface area contributed by atoms with Crippen molar-refractivity contribution < 1.29 is 4.74 Å². The summed E-state index contributed by atoms with van der Waals surface area (Å²) in [6, 6.07) is 0.199. The molecule has 0 radical (unpaired) electrons. The van der Waals surface area contributed by atoms with E-state index in [0.29, 0.717) is 6.54 Å². The third-order valence-corrected chi connectivity index (χ3v) is 3.20. The minimum atomic E-state index is 0.199. The molecule has 1 heterocycles. The highest BCUT2D eigenvalue weighted by molar-refractivity contribution is 5.06. The van der Waals surface area contributed by atoms with Crippen LogP contribution in [0.3, 0.4) is 0 Å². The Morgan fingerprint density at radius 2 is 2.21 bits per heavy atom. The van der Waals surface area contributed by atoms with E-state index in [-0.39, 0.29) is 12.1 Å². The number of rotatable bonds is 9. The molecule has 5 nitrogen and oxygen atoms in total. The molecule has 0 spiro atoms. The predicted molar refractivity (Wildman–Crippen MR) is 78.0 cm³/mol. The fourth-order valence-electron chi connectivity index (χ4n) is 2.15. The number of likely N-dealkylation sites (N-methyl/N-ethyl adjacent to an activating group) is 1. The van der Waals surface area contributed by atoms with Gasteiger partial charge in [-0.15, -0.1) is 0 Å². The summed E-state index contributed by atoms with van der Waals surface area (Å²) in [5.74, 6) is 0. The number of nitrogens with two attached hydrogens (primary N) is 1. The summed E-state index contributed by atoms with van der Waals surface area (Å²) in [5.41, 5.74) is 7.13. The van der Waals surface area contributed by atoms with Crippen molar-refractivity contribution >= 4 is 0 Å². The Morgan fingerprint density at radius 3 is 2.79 bits per heavy atom. The zero-order valence-electron chi connectivity index (χ0n) is 12.7. The second kappa shape index (κ2) is 8.30. The third-order valence-electron chi connectivity index (χ3n) is 3.20. The van der Waals surface area contributed by atoms with Crippen LogP contribution in [0.2, 0.25) is 0 Å². The van der Waals surface area contributed by atoms with Gasteiger partial charge >= 0.3 is 0 Å². The maximum Gasteiger partial charge on any atom is 0.0948 e. The average Bonchev–Trinajstić information content (AvgIpc) is 2.78. The molecule has 0 saturated heterocycles. The van der Waals surface area contributed by atoms with E-state index in [2.05, 4.69) is 42.3 Å². The van der Waals surface area contributed by atoms with Crippen LogP contribution in [0.25, 0.3) is 0 Å². The van der Waals surface area contributed by atoms with Crippen LogP contribution in [0.1, 0.15) is 38.9 Å². The Kier molecular flexibility index (Phi) is 7.05. The van der Waals surface area contributed by atoms with E-state index in [1.54, 1.807) is 0 Å². The Bertz CT molecular complexity index is 351. The molecule has 19 heavy (non-hydrogen) atoms. The molecule has 0 aliphatic rings. The Balaban J connectivity index is 2.62. The lowest BCUT2D eigenvalue weighted by Crippen LogP contribution is -2.34. The van der Waals surface area contributed by atoms with Gasteiger partial charge in [0.2, 0.25) is 0 Å². The summed E-state index contributed by atoms with van der Waals surface area (Å²) in [6.45, 7) is 9.45. The lowest BCUT2D eigenvalue weighted by molar-refractivity contribution is 0.0557. The minimum Gasteiger partial charge on any atom is -0.377 e. The van der Waals surface area contributed by atoms with E-state index in [4.69, 9.17) is 10.5 Å². The van der Waals surface area contributed by atoms with Crippen molar-refractivity contribution in [3.8, 4) is 0 Å². The normalized spacial score (nSPS) is 13.4. The molecule has 1 rings (SSSR count). The van der Waals surface area contributed by atoms with Crippen LogP contribution >= 0.6 is 0 Å². The van der Waals surface area contributed by atoms with E-state index in [0.717, 1.165) is 26.1 Å². The van der Waals surface area contributed by atoms with Gasteiger partial charge in [0, 0.05) is 25.8 Å². The highest BCUT2D eigenvalue weighted by atomic mass is 16.5. The molecule has 0 bridgehead atoms.